The van der Waals surface area contributed by atoms with Crippen LogP contribution in [0.3, 0.4) is 0 Å². The van der Waals surface area contributed by atoms with Crippen molar-refractivity contribution in [3.8, 4) is 22.1 Å². The fraction of sp³-hybridized carbons (Fsp3) is 0.0952. The van der Waals surface area contributed by atoms with Crippen LogP contribution < -0.4 is 9.47 Å². The van der Waals surface area contributed by atoms with Gasteiger partial charge in [0.1, 0.15) is 9.33 Å². The second kappa shape index (κ2) is 7.62. The molecule has 1 aromatic heterocycles. The van der Waals surface area contributed by atoms with Gasteiger partial charge in [0, 0.05) is 16.6 Å². The summed E-state index contributed by atoms with van der Waals surface area (Å²) in [5.74, 6) is 1.33. The summed E-state index contributed by atoms with van der Waals surface area (Å²) in [6.45, 7) is 0.624. The summed E-state index contributed by atoms with van der Waals surface area (Å²) >= 11 is 8.32. The summed E-state index contributed by atoms with van der Waals surface area (Å²) in [7, 11) is 0. The van der Waals surface area contributed by atoms with Crippen molar-refractivity contribution < 1.29 is 14.3 Å². The molecule has 0 aliphatic carbocycles. The number of thiazole rings is 1. The highest BCUT2D eigenvalue weighted by molar-refractivity contribution is 8.26. The zero-order chi connectivity index (χ0) is 19.8. The highest BCUT2D eigenvalue weighted by atomic mass is 32.2. The van der Waals surface area contributed by atoms with Gasteiger partial charge < -0.3 is 9.47 Å². The number of hydrogen-bond acceptors (Lipinski definition) is 7. The monoisotopic (exact) mass is 438 g/mol. The van der Waals surface area contributed by atoms with Crippen molar-refractivity contribution in [2.45, 2.75) is 6.54 Å². The van der Waals surface area contributed by atoms with Gasteiger partial charge in [0.05, 0.1) is 11.4 Å². The summed E-state index contributed by atoms with van der Waals surface area (Å²) in [5, 5.41) is 0.924. The molecule has 0 bridgehead atoms. The Balaban J connectivity index is 1.34. The summed E-state index contributed by atoms with van der Waals surface area (Å²) in [6.07, 6.45) is 3.65. The minimum atomic E-state index is -0.0904. The molecule has 1 amide bonds. The SMILES string of the molecule is O=C1/C(=C/c2cnc(-c3ccccc3)s2)SC(=S)N1Cc1ccc2c(c1)OCO2. The third-order valence-corrected chi connectivity index (χ3v) is 6.84. The number of ether oxygens (including phenoxy) is 2. The Morgan fingerprint density at radius 1 is 1.14 bits per heavy atom. The van der Waals surface area contributed by atoms with Crippen LogP contribution in [0.5, 0.6) is 11.5 Å². The smallest absolute Gasteiger partial charge is 0.266 e. The largest absolute Gasteiger partial charge is 0.454 e. The van der Waals surface area contributed by atoms with Crippen molar-refractivity contribution in [1.82, 2.24) is 9.88 Å². The van der Waals surface area contributed by atoms with Gasteiger partial charge >= 0.3 is 0 Å². The molecule has 29 heavy (non-hydrogen) atoms. The predicted molar refractivity (Wildman–Crippen MR) is 119 cm³/mol. The van der Waals surface area contributed by atoms with Crippen LogP contribution in [0.4, 0.5) is 0 Å². The molecule has 3 aromatic rings. The summed E-state index contributed by atoms with van der Waals surface area (Å²) in [6, 6.07) is 15.7. The van der Waals surface area contributed by atoms with Gasteiger partial charge in [0.2, 0.25) is 6.79 Å². The summed E-state index contributed by atoms with van der Waals surface area (Å²) < 4.78 is 11.3. The number of thioether (sulfide) groups is 1. The fourth-order valence-corrected chi connectivity index (χ4v) is 5.24. The van der Waals surface area contributed by atoms with E-state index in [-0.39, 0.29) is 12.7 Å². The minimum absolute atomic E-state index is 0.0904. The van der Waals surface area contributed by atoms with Gasteiger partial charge in [0.15, 0.2) is 11.5 Å². The maximum Gasteiger partial charge on any atom is 0.266 e. The van der Waals surface area contributed by atoms with Gasteiger partial charge in [-0.1, -0.05) is 60.4 Å². The highest BCUT2D eigenvalue weighted by Crippen LogP contribution is 2.37. The molecule has 5 rings (SSSR count). The zero-order valence-electron chi connectivity index (χ0n) is 15.0. The van der Waals surface area contributed by atoms with E-state index in [1.54, 1.807) is 22.4 Å². The number of carbonyl (C=O) groups is 1. The average molecular weight is 439 g/mol. The molecule has 0 N–H and O–H groups in total. The zero-order valence-corrected chi connectivity index (χ0v) is 17.5. The Labute approximate surface area is 181 Å². The molecular weight excluding hydrogens is 424 g/mol. The number of carbonyl (C=O) groups excluding carboxylic acids is 1. The highest BCUT2D eigenvalue weighted by Gasteiger charge is 2.32. The molecule has 144 valence electrons. The van der Waals surface area contributed by atoms with E-state index < -0.39 is 0 Å². The molecule has 0 unspecified atom stereocenters. The van der Waals surface area contributed by atoms with Crippen LogP contribution >= 0.6 is 35.3 Å². The Bertz CT molecular complexity index is 1140. The number of amides is 1. The Hall–Kier alpha value is -2.68. The van der Waals surface area contributed by atoms with Gasteiger partial charge in [0.25, 0.3) is 5.91 Å². The maximum atomic E-state index is 12.9. The number of thiocarbonyl (C=S) groups is 1. The predicted octanol–water partition coefficient (Wildman–Crippen LogP) is 4.94. The Kier molecular flexibility index (Phi) is 4.83. The molecule has 3 heterocycles. The van der Waals surface area contributed by atoms with E-state index >= 15 is 0 Å². The maximum absolute atomic E-state index is 12.9. The summed E-state index contributed by atoms with van der Waals surface area (Å²) in [4.78, 5) is 20.5. The quantitative estimate of drug-likeness (QED) is 0.425. The average Bonchev–Trinajstić information content (AvgIpc) is 3.45. The second-order valence-electron chi connectivity index (χ2n) is 6.39. The van der Waals surface area contributed by atoms with Gasteiger partial charge in [-0.05, 0) is 23.8 Å². The molecule has 0 spiro atoms. The first kappa shape index (κ1) is 18.4. The van der Waals surface area contributed by atoms with Crippen LogP contribution in [0, 0.1) is 0 Å². The van der Waals surface area contributed by atoms with E-state index in [1.807, 2.05) is 54.6 Å². The fourth-order valence-electron chi connectivity index (χ4n) is 3.05. The first-order valence-electron chi connectivity index (χ1n) is 8.82. The van der Waals surface area contributed by atoms with E-state index in [9.17, 15) is 4.79 Å². The van der Waals surface area contributed by atoms with Gasteiger partial charge in [-0.25, -0.2) is 4.98 Å². The lowest BCUT2D eigenvalue weighted by Gasteiger charge is -2.14. The molecule has 0 atom stereocenters. The van der Waals surface area contributed by atoms with Crippen molar-refractivity contribution in [3.63, 3.8) is 0 Å². The van der Waals surface area contributed by atoms with Crippen LogP contribution in [0.2, 0.25) is 0 Å². The van der Waals surface area contributed by atoms with Crippen LogP contribution in [0.25, 0.3) is 16.6 Å². The molecule has 8 heteroatoms. The molecule has 1 saturated heterocycles. The standard InChI is InChI=1S/C21H14N2O3S3/c24-20-18(9-15-10-22-19(28-15)14-4-2-1-3-5-14)29-21(27)23(20)11-13-6-7-16-17(8-13)26-12-25-16/h1-10H,11-12H2/b18-9-. The van der Waals surface area contributed by atoms with Gasteiger partial charge in [-0.3, -0.25) is 9.69 Å². The Morgan fingerprint density at radius 3 is 2.83 bits per heavy atom. The summed E-state index contributed by atoms with van der Waals surface area (Å²) in [5.41, 5.74) is 2.00. The molecule has 1 fully saturated rings. The third-order valence-electron chi connectivity index (χ3n) is 4.47. The lowest BCUT2D eigenvalue weighted by Crippen LogP contribution is -2.27. The Morgan fingerprint density at radius 2 is 1.97 bits per heavy atom. The van der Waals surface area contributed by atoms with Crippen LogP contribution in [0.1, 0.15) is 10.4 Å². The lowest BCUT2D eigenvalue weighted by molar-refractivity contribution is -0.122. The van der Waals surface area contributed by atoms with Crippen molar-refractivity contribution in [2.75, 3.05) is 6.79 Å². The number of aromatic nitrogens is 1. The van der Waals surface area contributed by atoms with E-state index in [0.29, 0.717) is 21.5 Å². The van der Waals surface area contributed by atoms with Crippen molar-refractivity contribution >= 4 is 51.6 Å². The molecule has 0 radical (unpaired) electrons. The normalized spacial score (nSPS) is 16.8. The first-order chi connectivity index (χ1) is 14.2. The lowest BCUT2D eigenvalue weighted by atomic mass is 10.2. The molecule has 2 aliphatic heterocycles. The topological polar surface area (TPSA) is 51.7 Å². The van der Waals surface area contributed by atoms with E-state index in [2.05, 4.69) is 4.98 Å². The number of hydrogen-bond donors (Lipinski definition) is 0. The number of benzene rings is 2. The van der Waals surface area contributed by atoms with Crippen LogP contribution in [0.15, 0.2) is 59.6 Å². The number of rotatable bonds is 4. The van der Waals surface area contributed by atoms with E-state index in [1.165, 1.54) is 11.8 Å². The second-order valence-corrected chi connectivity index (χ2v) is 9.13. The number of fused-ring (bicyclic) bond motifs is 1. The van der Waals surface area contributed by atoms with Crippen molar-refractivity contribution in [3.05, 3.63) is 70.1 Å². The van der Waals surface area contributed by atoms with E-state index in [0.717, 1.165) is 26.8 Å². The van der Waals surface area contributed by atoms with Crippen LogP contribution in [-0.2, 0) is 11.3 Å². The van der Waals surface area contributed by atoms with Crippen molar-refractivity contribution in [2.24, 2.45) is 0 Å². The first-order valence-corrected chi connectivity index (χ1v) is 10.9. The molecule has 5 nitrogen and oxygen atoms in total. The molecular formula is C21H14N2O3S3. The number of nitrogens with zero attached hydrogens (tertiary/aromatic N) is 2. The van der Waals surface area contributed by atoms with Crippen LogP contribution in [-0.4, -0.2) is 26.9 Å². The van der Waals surface area contributed by atoms with Crippen molar-refractivity contribution in [1.29, 1.82) is 0 Å². The van der Waals surface area contributed by atoms with Gasteiger partial charge in [-0.2, -0.15) is 0 Å². The van der Waals surface area contributed by atoms with Gasteiger partial charge in [-0.15, -0.1) is 11.3 Å². The molecule has 2 aromatic carbocycles. The van der Waals surface area contributed by atoms with E-state index in [4.69, 9.17) is 21.7 Å². The minimum Gasteiger partial charge on any atom is -0.454 e. The third kappa shape index (κ3) is 3.66. The molecule has 2 aliphatic rings. The molecule has 0 saturated carbocycles.